The van der Waals surface area contributed by atoms with E-state index in [4.69, 9.17) is 19.3 Å². The molecule has 0 fully saturated rings. The molecule has 2 N–H and O–H groups in total. The maximum atomic E-state index is 12.2. The number of phosphoric acid groups is 1. The second-order valence-corrected chi connectivity index (χ2v) is 11.3. The minimum atomic E-state index is -4.74. The number of esters is 2. The summed E-state index contributed by atoms with van der Waals surface area (Å²) < 4.78 is 26.1. The quantitative estimate of drug-likeness (QED) is 0.0427. The Bertz CT molecular complexity index is 756. The van der Waals surface area contributed by atoms with Gasteiger partial charge in [0.2, 0.25) is 0 Å². The lowest BCUT2D eigenvalue weighted by Crippen LogP contribution is -2.29. The average molecular weight is 587 g/mol. The molecule has 0 aliphatic carbocycles. The highest BCUT2D eigenvalue weighted by atomic mass is 31.2. The van der Waals surface area contributed by atoms with Gasteiger partial charge in [-0.3, -0.25) is 14.1 Å². The molecule has 9 heteroatoms. The zero-order chi connectivity index (χ0) is 29.7. The molecule has 0 heterocycles. The first-order chi connectivity index (χ1) is 19.3. The van der Waals surface area contributed by atoms with E-state index < -0.39 is 32.5 Å². The molecule has 0 saturated heterocycles. The van der Waals surface area contributed by atoms with Gasteiger partial charge in [0.25, 0.3) is 0 Å². The summed E-state index contributed by atoms with van der Waals surface area (Å²) >= 11 is 0. The lowest BCUT2D eigenvalue weighted by Gasteiger charge is -2.18. The molecule has 0 rings (SSSR count). The fraction of sp³-hybridized carbons (Fsp3) is 0.742. The highest BCUT2D eigenvalue weighted by Gasteiger charge is 2.22. The van der Waals surface area contributed by atoms with Crippen molar-refractivity contribution in [2.45, 2.75) is 136 Å². The molecular weight excluding hydrogens is 531 g/mol. The summed E-state index contributed by atoms with van der Waals surface area (Å²) in [6.45, 7) is 3.48. The number of rotatable bonds is 27. The summed E-state index contributed by atoms with van der Waals surface area (Å²) in [5.74, 6) is -0.927. The van der Waals surface area contributed by atoms with Crippen LogP contribution in [-0.4, -0.2) is 41.0 Å². The molecule has 40 heavy (non-hydrogen) atoms. The van der Waals surface area contributed by atoms with Crippen LogP contribution < -0.4 is 0 Å². The molecule has 0 amide bonds. The van der Waals surface area contributed by atoms with Crippen molar-refractivity contribution in [2.24, 2.45) is 0 Å². The van der Waals surface area contributed by atoms with E-state index in [1.165, 1.54) is 38.5 Å². The SMILES string of the molecule is CC/C=C\C/C=C\C/C=C\CCCCCC(=O)OC(COC(=O)CCCCCCCCCCC)COP(=O)(O)O. The van der Waals surface area contributed by atoms with Gasteiger partial charge in [0.1, 0.15) is 6.61 Å². The first-order valence-electron chi connectivity index (χ1n) is 15.3. The van der Waals surface area contributed by atoms with Gasteiger partial charge in [-0.05, 0) is 44.9 Å². The standard InChI is InChI=1S/C31H55O8P/c1-3-5-7-9-11-13-14-15-16-18-20-22-24-26-31(33)39-29(28-38-40(34,35)36)27-37-30(32)25-23-21-19-17-12-10-8-6-4-2/h5,7,11,13,15-16,29H,3-4,6,8-10,12,14,17-28H2,1-2H3,(H2,34,35,36)/b7-5-,13-11-,16-15-. The van der Waals surface area contributed by atoms with E-state index >= 15 is 0 Å². The number of phosphoric ester groups is 1. The van der Waals surface area contributed by atoms with Crippen molar-refractivity contribution in [3.63, 3.8) is 0 Å². The van der Waals surface area contributed by atoms with Gasteiger partial charge in [-0.1, -0.05) is 108 Å². The summed E-state index contributed by atoms with van der Waals surface area (Å²) in [6.07, 6.45) is 28.8. The number of hydrogen-bond acceptors (Lipinski definition) is 6. The van der Waals surface area contributed by atoms with Crippen LogP contribution in [0.4, 0.5) is 0 Å². The highest BCUT2D eigenvalue weighted by Crippen LogP contribution is 2.35. The number of allylic oxidation sites excluding steroid dienone is 6. The molecule has 0 spiro atoms. The fourth-order valence-electron chi connectivity index (χ4n) is 3.91. The van der Waals surface area contributed by atoms with Crippen LogP contribution in [0.3, 0.4) is 0 Å². The van der Waals surface area contributed by atoms with Crippen LogP contribution >= 0.6 is 7.82 Å². The van der Waals surface area contributed by atoms with Crippen LogP contribution in [0.1, 0.15) is 129 Å². The third kappa shape index (κ3) is 29.3. The smallest absolute Gasteiger partial charge is 0.462 e. The molecule has 0 bridgehead atoms. The second kappa shape index (κ2) is 27.4. The maximum absolute atomic E-state index is 12.2. The Labute approximate surface area is 242 Å². The lowest BCUT2D eigenvalue weighted by molar-refractivity contribution is -0.161. The topological polar surface area (TPSA) is 119 Å². The first-order valence-corrected chi connectivity index (χ1v) is 16.8. The Balaban J connectivity index is 4.13. The van der Waals surface area contributed by atoms with Crippen molar-refractivity contribution in [1.29, 1.82) is 0 Å². The number of carbonyl (C=O) groups excluding carboxylic acids is 2. The van der Waals surface area contributed by atoms with Crippen molar-refractivity contribution in [3.8, 4) is 0 Å². The van der Waals surface area contributed by atoms with E-state index in [1.54, 1.807) is 0 Å². The Morgan fingerprint density at radius 2 is 1.20 bits per heavy atom. The number of carbonyl (C=O) groups is 2. The Morgan fingerprint density at radius 3 is 1.80 bits per heavy atom. The molecule has 232 valence electrons. The van der Waals surface area contributed by atoms with Gasteiger partial charge in [0.15, 0.2) is 6.10 Å². The van der Waals surface area contributed by atoms with Crippen LogP contribution in [0.15, 0.2) is 36.5 Å². The molecule has 1 unspecified atom stereocenters. The summed E-state index contributed by atoms with van der Waals surface area (Å²) in [5, 5.41) is 0. The molecule has 0 aliphatic rings. The number of ether oxygens (including phenoxy) is 2. The molecule has 0 aromatic rings. The second-order valence-electron chi connectivity index (χ2n) is 10.1. The van der Waals surface area contributed by atoms with E-state index in [-0.39, 0.29) is 19.4 Å². The normalized spacial score (nSPS) is 13.0. The van der Waals surface area contributed by atoms with Gasteiger partial charge in [-0.15, -0.1) is 0 Å². The minimum Gasteiger partial charge on any atom is -0.462 e. The fourth-order valence-corrected chi connectivity index (χ4v) is 4.27. The Hall–Kier alpha value is -1.73. The summed E-state index contributed by atoms with van der Waals surface area (Å²) in [4.78, 5) is 42.3. The summed E-state index contributed by atoms with van der Waals surface area (Å²) in [7, 11) is -4.74. The lowest BCUT2D eigenvalue weighted by atomic mass is 10.1. The summed E-state index contributed by atoms with van der Waals surface area (Å²) in [6, 6.07) is 0. The van der Waals surface area contributed by atoms with Crippen molar-refractivity contribution < 1.29 is 37.9 Å². The molecule has 0 radical (unpaired) electrons. The molecule has 0 aliphatic heterocycles. The van der Waals surface area contributed by atoms with Crippen molar-refractivity contribution in [2.75, 3.05) is 13.2 Å². The third-order valence-electron chi connectivity index (χ3n) is 6.17. The highest BCUT2D eigenvalue weighted by molar-refractivity contribution is 7.46. The minimum absolute atomic E-state index is 0.177. The van der Waals surface area contributed by atoms with Crippen LogP contribution in [0.2, 0.25) is 0 Å². The predicted octanol–water partition coefficient (Wildman–Crippen LogP) is 8.28. The zero-order valence-electron chi connectivity index (χ0n) is 25.0. The van der Waals surface area contributed by atoms with Gasteiger partial charge in [-0.25, -0.2) is 4.57 Å². The number of unbranched alkanes of at least 4 members (excludes halogenated alkanes) is 11. The molecular formula is C31H55O8P. The van der Waals surface area contributed by atoms with E-state index in [1.807, 2.05) is 0 Å². The van der Waals surface area contributed by atoms with Gasteiger partial charge in [0, 0.05) is 12.8 Å². The van der Waals surface area contributed by atoms with Gasteiger partial charge >= 0.3 is 19.8 Å². The zero-order valence-corrected chi connectivity index (χ0v) is 25.9. The Kier molecular flexibility index (Phi) is 26.3. The average Bonchev–Trinajstić information content (AvgIpc) is 2.91. The largest absolute Gasteiger partial charge is 0.469 e. The van der Waals surface area contributed by atoms with Crippen LogP contribution in [0.5, 0.6) is 0 Å². The molecule has 0 saturated carbocycles. The van der Waals surface area contributed by atoms with Crippen molar-refractivity contribution in [3.05, 3.63) is 36.5 Å². The molecule has 0 aromatic heterocycles. The predicted molar refractivity (Wildman–Crippen MR) is 161 cm³/mol. The van der Waals surface area contributed by atoms with Crippen LogP contribution in [-0.2, 0) is 28.2 Å². The third-order valence-corrected chi connectivity index (χ3v) is 6.66. The van der Waals surface area contributed by atoms with E-state index in [2.05, 4.69) is 54.8 Å². The molecule has 0 aromatic carbocycles. The Morgan fingerprint density at radius 1 is 0.675 bits per heavy atom. The number of hydrogen-bond donors (Lipinski definition) is 2. The van der Waals surface area contributed by atoms with Crippen LogP contribution in [0, 0.1) is 0 Å². The van der Waals surface area contributed by atoms with Gasteiger partial charge in [-0.2, -0.15) is 0 Å². The van der Waals surface area contributed by atoms with E-state index in [9.17, 15) is 14.2 Å². The first kappa shape index (κ1) is 38.3. The summed E-state index contributed by atoms with van der Waals surface area (Å²) in [5.41, 5.74) is 0. The molecule has 1 atom stereocenters. The van der Waals surface area contributed by atoms with Gasteiger partial charge < -0.3 is 19.3 Å². The van der Waals surface area contributed by atoms with Crippen LogP contribution in [0.25, 0.3) is 0 Å². The van der Waals surface area contributed by atoms with Crippen molar-refractivity contribution >= 4 is 19.8 Å². The van der Waals surface area contributed by atoms with Crippen molar-refractivity contribution in [1.82, 2.24) is 0 Å². The van der Waals surface area contributed by atoms with E-state index in [0.717, 1.165) is 57.8 Å². The monoisotopic (exact) mass is 586 g/mol. The van der Waals surface area contributed by atoms with Gasteiger partial charge in [0.05, 0.1) is 6.61 Å². The van der Waals surface area contributed by atoms with E-state index in [0.29, 0.717) is 6.42 Å². The molecule has 8 nitrogen and oxygen atoms in total. The maximum Gasteiger partial charge on any atom is 0.469 e.